The lowest BCUT2D eigenvalue weighted by molar-refractivity contribution is 0.136. The Bertz CT molecular complexity index is 318. The van der Waals surface area contributed by atoms with Crippen LogP contribution < -0.4 is 10.6 Å². The molecule has 23 heavy (non-hydrogen) atoms. The summed E-state index contributed by atoms with van der Waals surface area (Å²) >= 11 is 0. The van der Waals surface area contributed by atoms with Gasteiger partial charge < -0.3 is 25.4 Å². The van der Waals surface area contributed by atoms with Gasteiger partial charge in [-0.3, -0.25) is 4.99 Å². The molecule has 7 heteroatoms. The second-order valence-electron chi connectivity index (χ2n) is 6.05. The van der Waals surface area contributed by atoms with E-state index in [4.69, 9.17) is 4.74 Å². The second-order valence-corrected chi connectivity index (χ2v) is 6.05. The van der Waals surface area contributed by atoms with Gasteiger partial charge in [0.15, 0.2) is 5.96 Å². The minimum absolute atomic E-state index is 0. The number of nitrogens with zero attached hydrogens (tertiary/aromatic N) is 2. The van der Waals surface area contributed by atoms with Crippen LogP contribution in [0, 0.1) is 5.92 Å². The van der Waals surface area contributed by atoms with E-state index in [9.17, 15) is 5.11 Å². The molecule has 0 heterocycles. The number of likely N-dealkylation sites (N-methyl/N-ethyl adjacent to an activating group) is 1. The highest BCUT2D eigenvalue weighted by molar-refractivity contribution is 14.0. The zero-order valence-corrected chi connectivity index (χ0v) is 17.2. The topological polar surface area (TPSA) is 69.1 Å². The molecule has 0 spiro atoms. The van der Waals surface area contributed by atoms with Crippen LogP contribution in [0.5, 0.6) is 0 Å². The van der Waals surface area contributed by atoms with Crippen LogP contribution in [-0.2, 0) is 4.74 Å². The van der Waals surface area contributed by atoms with Gasteiger partial charge in [-0.1, -0.05) is 6.42 Å². The Morgan fingerprint density at radius 1 is 1.30 bits per heavy atom. The molecule has 0 aliphatic heterocycles. The normalized spacial score (nSPS) is 21.3. The number of aliphatic hydroxyl groups excluding tert-OH is 1. The number of guanidine groups is 1. The van der Waals surface area contributed by atoms with Crippen molar-refractivity contribution in [3.63, 3.8) is 0 Å². The summed E-state index contributed by atoms with van der Waals surface area (Å²) in [7, 11) is 3.86. The number of hydrogen-bond acceptors (Lipinski definition) is 4. The van der Waals surface area contributed by atoms with Crippen molar-refractivity contribution in [2.45, 2.75) is 38.7 Å². The van der Waals surface area contributed by atoms with E-state index < -0.39 is 0 Å². The van der Waals surface area contributed by atoms with Crippen molar-refractivity contribution in [2.75, 3.05) is 53.5 Å². The first-order valence-corrected chi connectivity index (χ1v) is 8.55. The Morgan fingerprint density at radius 2 is 2.09 bits per heavy atom. The molecular formula is C16H35IN4O2. The van der Waals surface area contributed by atoms with Gasteiger partial charge in [0, 0.05) is 52.4 Å². The third-order valence-corrected chi connectivity index (χ3v) is 4.12. The lowest BCUT2D eigenvalue weighted by atomic mass is 10.1. The molecule has 1 saturated carbocycles. The average molecular weight is 442 g/mol. The van der Waals surface area contributed by atoms with Crippen molar-refractivity contribution in [1.29, 1.82) is 0 Å². The molecule has 6 nitrogen and oxygen atoms in total. The van der Waals surface area contributed by atoms with Gasteiger partial charge in [-0.05, 0) is 33.2 Å². The maximum Gasteiger partial charge on any atom is 0.191 e. The summed E-state index contributed by atoms with van der Waals surface area (Å²) in [6.45, 7) is 7.31. The molecule has 2 atom stereocenters. The Kier molecular flexibility index (Phi) is 14.2. The van der Waals surface area contributed by atoms with E-state index in [1.165, 1.54) is 0 Å². The fourth-order valence-corrected chi connectivity index (χ4v) is 2.74. The molecule has 0 bridgehead atoms. The van der Waals surface area contributed by atoms with Crippen molar-refractivity contribution in [3.05, 3.63) is 0 Å². The Labute approximate surface area is 158 Å². The van der Waals surface area contributed by atoms with Gasteiger partial charge in [-0.15, -0.1) is 24.0 Å². The second kappa shape index (κ2) is 14.2. The van der Waals surface area contributed by atoms with Crippen LogP contribution in [0.15, 0.2) is 4.99 Å². The summed E-state index contributed by atoms with van der Waals surface area (Å²) in [6, 6.07) is 0. The molecule has 2 unspecified atom stereocenters. The fraction of sp³-hybridized carbons (Fsp3) is 0.938. The Hall–Kier alpha value is -0.120. The van der Waals surface area contributed by atoms with E-state index >= 15 is 0 Å². The molecule has 1 fully saturated rings. The zero-order valence-electron chi connectivity index (χ0n) is 14.9. The summed E-state index contributed by atoms with van der Waals surface area (Å²) in [4.78, 5) is 6.90. The van der Waals surface area contributed by atoms with Gasteiger partial charge in [0.25, 0.3) is 0 Å². The molecular weight excluding hydrogens is 407 g/mol. The van der Waals surface area contributed by atoms with Crippen LogP contribution >= 0.6 is 24.0 Å². The van der Waals surface area contributed by atoms with E-state index in [1.807, 2.05) is 0 Å². The third kappa shape index (κ3) is 10.4. The molecule has 0 amide bonds. The molecule has 0 saturated heterocycles. The van der Waals surface area contributed by atoms with E-state index in [2.05, 4.69) is 34.5 Å². The molecule has 0 aromatic rings. The summed E-state index contributed by atoms with van der Waals surface area (Å²) in [5, 5.41) is 16.5. The number of ether oxygens (including phenoxy) is 1. The molecule has 1 rings (SSSR count). The van der Waals surface area contributed by atoms with E-state index in [0.29, 0.717) is 12.5 Å². The monoisotopic (exact) mass is 442 g/mol. The number of nitrogens with one attached hydrogen (secondary N) is 2. The van der Waals surface area contributed by atoms with E-state index in [1.54, 1.807) is 7.11 Å². The van der Waals surface area contributed by atoms with Crippen molar-refractivity contribution in [2.24, 2.45) is 10.9 Å². The predicted octanol–water partition coefficient (Wildman–Crippen LogP) is 1.29. The van der Waals surface area contributed by atoms with Crippen molar-refractivity contribution >= 4 is 29.9 Å². The molecule has 3 N–H and O–H groups in total. The number of aliphatic hydroxyl groups is 1. The summed E-state index contributed by atoms with van der Waals surface area (Å²) in [6.07, 6.45) is 4.03. The van der Waals surface area contributed by atoms with Gasteiger partial charge in [0.2, 0.25) is 0 Å². The summed E-state index contributed by atoms with van der Waals surface area (Å²) < 4.78 is 5.06. The van der Waals surface area contributed by atoms with E-state index in [0.717, 1.165) is 64.4 Å². The quantitative estimate of drug-likeness (QED) is 0.206. The largest absolute Gasteiger partial charge is 0.393 e. The molecule has 0 radical (unpaired) electrons. The SMILES string of the molecule is CCNC(=NCC1CCCC1O)NCCN(C)CCCOC.I. The van der Waals surface area contributed by atoms with Crippen LogP contribution in [0.4, 0.5) is 0 Å². The van der Waals surface area contributed by atoms with Gasteiger partial charge >= 0.3 is 0 Å². The maximum absolute atomic E-state index is 9.86. The highest BCUT2D eigenvalue weighted by Gasteiger charge is 2.24. The van der Waals surface area contributed by atoms with Crippen LogP contribution in [0.2, 0.25) is 0 Å². The first-order valence-electron chi connectivity index (χ1n) is 8.55. The number of methoxy groups -OCH3 is 1. The van der Waals surface area contributed by atoms with Gasteiger partial charge in [-0.2, -0.15) is 0 Å². The number of halogens is 1. The minimum Gasteiger partial charge on any atom is -0.393 e. The third-order valence-electron chi connectivity index (χ3n) is 4.12. The zero-order chi connectivity index (χ0) is 16.2. The molecule has 1 aliphatic rings. The predicted molar refractivity (Wildman–Crippen MR) is 107 cm³/mol. The highest BCUT2D eigenvalue weighted by atomic mass is 127. The van der Waals surface area contributed by atoms with Crippen LogP contribution in [0.3, 0.4) is 0 Å². The maximum atomic E-state index is 9.86. The van der Waals surface area contributed by atoms with Crippen molar-refractivity contribution < 1.29 is 9.84 Å². The first kappa shape index (κ1) is 22.9. The standard InChI is InChI=1S/C16H34N4O2.HI/c1-4-17-16(19-13-14-7-5-8-15(14)21)18-9-11-20(2)10-6-12-22-3;/h14-15,21H,4-13H2,1-3H3,(H2,17,18,19);1H. The number of rotatable bonds is 10. The van der Waals surface area contributed by atoms with Gasteiger partial charge in [0.1, 0.15) is 0 Å². The van der Waals surface area contributed by atoms with Gasteiger partial charge in [0.05, 0.1) is 6.10 Å². The molecule has 1 aliphatic carbocycles. The van der Waals surface area contributed by atoms with Gasteiger partial charge in [-0.25, -0.2) is 0 Å². The number of hydrogen-bond donors (Lipinski definition) is 3. The van der Waals surface area contributed by atoms with E-state index in [-0.39, 0.29) is 30.1 Å². The minimum atomic E-state index is -0.168. The van der Waals surface area contributed by atoms with Crippen LogP contribution in [-0.4, -0.2) is 75.6 Å². The van der Waals surface area contributed by atoms with Crippen LogP contribution in [0.25, 0.3) is 0 Å². The Morgan fingerprint density at radius 3 is 2.70 bits per heavy atom. The molecule has 0 aromatic heterocycles. The first-order chi connectivity index (χ1) is 10.7. The Balaban J connectivity index is 0.00000484. The van der Waals surface area contributed by atoms with Crippen molar-refractivity contribution in [3.8, 4) is 0 Å². The summed E-state index contributed by atoms with van der Waals surface area (Å²) in [5.41, 5.74) is 0. The lowest BCUT2D eigenvalue weighted by Crippen LogP contribution is -2.41. The number of aliphatic imine (C=N–C) groups is 1. The smallest absolute Gasteiger partial charge is 0.191 e. The fourth-order valence-electron chi connectivity index (χ4n) is 2.74. The molecule has 0 aromatic carbocycles. The highest BCUT2D eigenvalue weighted by Crippen LogP contribution is 2.25. The van der Waals surface area contributed by atoms with Crippen molar-refractivity contribution in [1.82, 2.24) is 15.5 Å². The summed E-state index contributed by atoms with van der Waals surface area (Å²) in [5.74, 6) is 1.18. The molecule has 138 valence electrons. The lowest BCUT2D eigenvalue weighted by Gasteiger charge is -2.18. The average Bonchev–Trinajstić information content (AvgIpc) is 2.90. The van der Waals surface area contributed by atoms with Crippen LogP contribution in [0.1, 0.15) is 32.6 Å².